The first-order valence-corrected chi connectivity index (χ1v) is 35.8. The molecule has 15 aromatic carbocycles. The number of fused-ring (bicyclic) bond motifs is 11. The first kappa shape index (κ1) is 57.4. The molecule has 468 valence electrons. The highest BCUT2D eigenvalue weighted by Gasteiger charge is 2.54. The van der Waals surface area contributed by atoms with Crippen molar-refractivity contribution in [2.75, 3.05) is 19.6 Å². The molecule has 5 aliphatic rings. The van der Waals surface area contributed by atoms with Gasteiger partial charge in [0.2, 0.25) is 0 Å². The van der Waals surface area contributed by atoms with E-state index in [-0.39, 0.29) is 13.4 Å². The molecule has 0 fully saturated rings. The fraction of sp³-hybridized carbons (Fsp3) is 0. The van der Waals surface area contributed by atoms with Crippen LogP contribution in [0.25, 0.3) is 89.0 Å². The van der Waals surface area contributed by atoms with Crippen LogP contribution in [0.5, 0.6) is 0 Å². The Morgan fingerprint density at radius 1 is 0.178 bits per heavy atom. The Labute approximate surface area is 593 Å². The Hall–Kier alpha value is -12.7. The zero-order valence-corrected chi connectivity index (χ0v) is 55.8. The van der Waals surface area contributed by atoms with Crippen LogP contribution in [0.1, 0.15) is 0 Å². The van der Waals surface area contributed by atoms with Gasteiger partial charge in [0.1, 0.15) is 0 Å². The summed E-state index contributed by atoms with van der Waals surface area (Å²) in [5.74, 6) is 0. The van der Waals surface area contributed by atoms with Gasteiger partial charge >= 0.3 is 0 Å². The number of nitrogens with zero attached hydrogens (tertiary/aromatic N) is 4. The first-order valence-electron chi connectivity index (χ1n) is 34.9. The van der Waals surface area contributed by atoms with E-state index < -0.39 is 0 Å². The summed E-state index contributed by atoms with van der Waals surface area (Å²) in [6.45, 7) is -0.324. The Bertz CT molecular complexity index is 5860. The van der Waals surface area contributed by atoms with Crippen molar-refractivity contribution in [3.63, 3.8) is 0 Å². The van der Waals surface area contributed by atoms with Crippen molar-refractivity contribution in [2.24, 2.45) is 0 Å². The lowest BCUT2D eigenvalue weighted by atomic mass is 9.35. The SMILES string of the molecule is c1ccc(-c2cc(-c3ccccc3)cc(N3c4ccc(-c5ccccc5)cc4B4c5sc6c7c5N(c5ccccc5N7c5cc(-c7ccccc7)cc7c5B6c5ccc(-c6ccccc6)cc5N7c5cc(-c6ccccc6)cc(-c6ccccc6)c5)c5cc(-c6ccccc6)cc3c54)c2)cc1. The van der Waals surface area contributed by atoms with Crippen LogP contribution >= 0.6 is 11.3 Å². The van der Waals surface area contributed by atoms with Crippen LogP contribution < -0.4 is 51.0 Å². The van der Waals surface area contributed by atoms with Gasteiger partial charge in [0.25, 0.3) is 13.4 Å². The average Bonchev–Trinajstić information content (AvgIpc) is 1.59. The summed E-state index contributed by atoms with van der Waals surface area (Å²) >= 11 is 2.04. The average molecular weight is 1300 g/mol. The van der Waals surface area contributed by atoms with Gasteiger partial charge in [-0.25, -0.2) is 0 Å². The van der Waals surface area contributed by atoms with Crippen LogP contribution in [0, 0.1) is 0 Å². The molecule has 6 heterocycles. The minimum Gasteiger partial charge on any atom is -0.311 e. The molecule has 0 N–H and O–H groups in total. The monoisotopic (exact) mass is 1300 g/mol. The van der Waals surface area contributed by atoms with Gasteiger partial charge in [-0.15, -0.1) is 0 Å². The zero-order chi connectivity index (χ0) is 66.2. The summed E-state index contributed by atoms with van der Waals surface area (Å²) in [5, 5.41) is 0. The Kier molecular flexibility index (Phi) is 13.1. The molecular weight excluding hydrogens is 1240 g/mol. The molecule has 0 radical (unpaired) electrons. The summed E-state index contributed by atoms with van der Waals surface area (Å²) in [6, 6.07) is 136. The lowest BCUT2D eigenvalue weighted by Gasteiger charge is -2.49. The van der Waals surface area contributed by atoms with E-state index in [0.717, 1.165) is 61.7 Å². The highest BCUT2D eigenvalue weighted by molar-refractivity contribution is 7.39. The van der Waals surface area contributed by atoms with E-state index in [0.29, 0.717) is 0 Å². The minimum absolute atomic E-state index is 0.157. The molecular formula is C94H60B2N4S. The normalized spacial score (nSPS) is 13.0. The van der Waals surface area contributed by atoms with Crippen molar-refractivity contribution in [1.29, 1.82) is 0 Å². The third kappa shape index (κ3) is 9.10. The molecule has 5 aliphatic heterocycles. The van der Waals surface area contributed by atoms with E-state index >= 15 is 0 Å². The van der Waals surface area contributed by atoms with Gasteiger partial charge in [0, 0.05) is 55.1 Å². The number of hydrogen-bond donors (Lipinski definition) is 0. The zero-order valence-electron chi connectivity index (χ0n) is 55.0. The van der Waals surface area contributed by atoms with Crippen molar-refractivity contribution in [2.45, 2.75) is 0 Å². The largest absolute Gasteiger partial charge is 0.311 e. The van der Waals surface area contributed by atoms with E-state index in [4.69, 9.17) is 0 Å². The smallest absolute Gasteiger partial charge is 0.264 e. The molecule has 0 spiro atoms. The molecule has 0 saturated carbocycles. The third-order valence-corrected chi connectivity index (χ3v) is 22.7. The molecule has 16 aromatic rings. The summed E-state index contributed by atoms with van der Waals surface area (Å²) < 4.78 is 2.69. The second-order valence-electron chi connectivity index (χ2n) is 27.1. The maximum atomic E-state index is 2.69. The third-order valence-electron chi connectivity index (χ3n) is 21.4. The molecule has 101 heavy (non-hydrogen) atoms. The van der Waals surface area contributed by atoms with E-state index in [1.165, 1.54) is 127 Å². The molecule has 1 aromatic heterocycles. The van der Waals surface area contributed by atoms with E-state index in [9.17, 15) is 0 Å². The van der Waals surface area contributed by atoms with Gasteiger partial charge in [0.15, 0.2) is 0 Å². The maximum absolute atomic E-state index is 2.69. The molecule has 7 heteroatoms. The number of anilines is 12. The van der Waals surface area contributed by atoms with Gasteiger partial charge < -0.3 is 19.6 Å². The van der Waals surface area contributed by atoms with Gasteiger partial charge in [-0.3, -0.25) is 0 Å². The second kappa shape index (κ2) is 23.0. The van der Waals surface area contributed by atoms with Gasteiger partial charge in [-0.05, 0) is 196 Å². The number of thiophene rings is 1. The van der Waals surface area contributed by atoms with Crippen molar-refractivity contribution < 1.29 is 0 Å². The van der Waals surface area contributed by atoms with Crippen molar-refractivity contribution in [1.82, 2.24) is 0 Å². The van der Waals surface area contributed by atoms with E-state index in [1.807, 2.05) is 11.3 Å². The highest BCUT2D eigenvalue weighted by Crippen LogP contribution is 2.60. The lowest BCUT2D eigenvalue weighted by Crippen LogP contribution is -2.61. The van der Waals surface area contributed by atoms with Crippen molar-refractivity contribution in [3.05, 3.63) is 364 Å². The topological polar surface area (TPSA) is 13.0 Å². The van der Waals surface area contributed by atoms with Crippen LogP contribution in [0.15, 0.2) is 364 Å². The van der Waals surface area contributed by atoms with Crippen LogP contribution in [0.4, 0.5) is 68.2 Å². The summed E-state index contributed by atoms with van der Waals surface area (Å²) in [5.41, 5.74) is 37.9. The molecule has 0 aliphatic carbocycles. The van der Waals surface area contributed by atoms with Crippen LogP contribution in [-0.2, 0) is 0 Å². The van der Waals surface area contributed by atoms with Crippen LogP contribution in [0.2, 0.25) is 0 Å². The second-order valence-corrected chi connectivity index (χ2v) is 28.2. The fourth-order valence-electron chi connectivity index (χ4n) is 17.0. The Morgan fingerprint density at radius 3 is 0.822 bits per heavy atom. The first-order chi connectivity index (χ1) is 50.1. The number of benzene rings is 15. The summed E-state index contributed by atoms with van der Waals surface area (Å²) in [6.07, 6.45) is 0. The molecule has 0 amide bonds. The summed E-state index contributed by atoms with van der Waals surface area (Å²) in [7, 11) is 0. The number of hydrogen-bond acceptors (Lipinski definition) is 5. The van der Waals surface area contributed by atoms with Gasteiger partial charge in [0.05, 0.1) is 22.7 Å². The molecule has 0 bridgehead atoms. The van der Waals surface area contributed by atoms with E-state index in [2.05, 4.69) is 384 Å². The molecule has 21 rings (SSSR count). The maximum Gasteiger partial charge on any atom is 0.264 e. The summed E-state index contributed by atoms with van der Waals surface area (Å²) in [4.78, 5) is 10.6. The van der Waals surface area contributed by atoms with Crippen LogP contribution in [0.3, 0.4) is 0 Å². The van der Waals surface area contributed by atoms with Crippen molar-refractivity contribution in [3.8, 4) is 89.0 Å². The Morgan fingerprint density at radius 2 is 0.455 bits per heavy atom. The minimum atomic E-state index is -0.167. The predicted molar refractivity (Wildman–Crippen MR) is 429 cm³/mol. The van der Waals surface area contributed by atoms with E-state index in [1.54, 1.807) is 0 Å². The predicted octanol–water partition coefficient (Wildman–Crippen LogP) is 21.6. The molecule has 0 saturated heterocycles. The molecule has 0 unspecified atom stereocenters. The Balaban J connectivity index is 0.874. The number of para-hydroxylation sites is 2. The molecule has 4 nitrogen and oxygen atoms in total. The molecule has 0 atom stereocenters. The number of rotatable bonds is 10. The standard InChI is InChI=1S/C94H60B2N4S/c1-9-27-61(28-10-1)69-46-48-81-80(55-69)96-90-85(97(81)77-51-71(63-31-13-3-14-32-63)49-72(52-77)64-33-15-4-16-34-64)57-75(67-39-21-7-22-40-67)60-88(90)100-83-44-26-25-43-82(83)99-87-59-76(68-41-23-8-24-42-68)58-86-89(87)95(93-91(99)92(100)94(96)101-93)79-47-45-70(62-29-11-2-12-30-62)56-84(79)98(86)78-53-73(65-35-17-5-18-36-65)50-74(54-78)66-37-19-6-20-38-66/h1-60H. The van der Waals surface area contributed by atoms with Gasteiger partial charge in [-0.2, -0.15) is 11.3 Å². The lowest BCUT2D eigenvalue weighted by molar-refractivity contribution is 1.18. The fourth-order valence-corrected chi connectivity index (χ4v) is 18.5. The highest BCUT2D eigenvalue weighted by atomic mass is 32.1. The van der Waals surface area contributed by atoms with Crippen molar-refractivity contribution >= 4 is 124 Å². The van der Waals surface area contributed by atoms with Crippen LogP contribution in [-0.4, -0.2) is 13.4 Å². The van der Waals surface area contributed by atoms with Gasteiger partial charge in [-0.1, -0.05) is 279 Å². The quantitative estimate of drug-likeness (QED) is 0.127.